The quantitative estimate of drug-likeness (QED) is 0.263. The lowest BCUT2D eigenvalue weighted by atomic mass is 10.0. The molecule has 0 saturated carbocycles. The third-order valence-electron chi connectivity index (χ3n) is 5.88. The summed E-state index contributed by atoms with van der Waals surface area (Å²) in [5, 5.41) is 4.54. The number of piperidine rings is 1. The molecule has 3 rings (SSSR count). The average Bonchev–Trinajstić information content (AvgIpc) is 2.77. The number of hydrogen-bond donors (Lipinski definition) is 0. The van der Waals surface area contributed by atoms with E-state index >= 15 is 0 Å². The van der Waals surface area contributed by atoms with E-state index in [1.807, 2.05) is 0 Å². The van der Waals surface area contributed by atoms with Crippen molar-refractivity contribution in [1.82, 2.24) is 4.90 Å². The second-order valence-electron chi connectivity index (χ2n) is 8.16. The van der Waals surface area contributed by atoms with E-state index in [-0.39, 0.29) is 0 Å². The molecule has 2 aromatic rings. The Morgan fingerprint density at radius 1 is 0.966 bits per heavy atom. The Hall–Kier alpha value is -2.13. The molecule has 1 heterocycles. The van der Waals surface area contributed by atoms with Crippen LogP contribution in [0.4, 0.5) is 0 Å². The van der Waals surface area contributed by atoms with Crippen LogP contribution in [0.2, 0.25) is 0 Å². The monoisotopic (exact) mass is 392 g/mol. The van der Waals surface area contributed by atoms with Gasteiger partial charge >= 0.3 is 0 Å². The number of hydrogen-bond acceptors (Lipinski definition) is 3. The number of benzene rings is 2. The van der Waals surface area contributed by atoms with Gasteiger partial charge in [0.15, 0.2) is 0 Å². The van der Waals surface area contributed by atoms with Crippen LogP contribution >= 0.6 is 0 Å². The second-order valence-corrected chi connectivity index (χ2v) is 8.16. The van der Waals surface area contributed by atoms with Crippen molar-refractivity contribution in [2.24, 2.45) is 5.16 Å². The molecule has 0 bridgehead atoms. The molecule has 3 heteroatoms. The van der Waals surface area contributed by atoms with Crippen molar-refractivity contribution in [3.05, 3.63) is 71.8 Å². The van der Waals surface area contributed by atoms with Crippen LogP contribution in [-0.2, 0) is 11.3 Å². The Morgan fingerprint density at radius 2 is 1.72 bits per heavy atom. The molecule has 1 aliphatic rings. The highest BCUT2D eigenvalue weighted by Crippen LogP contribution is 2.16. The van der Waals surface area contributed by atoms with Crippen LogP contribution in [-0.4, -0.2) is 36.3 Å². The highest BCUT2D eigenvalue weighted by molar-refractivity contribution is 6.00. The molecule has 3 nitrogen and oxygen atoms in total. The minimum atomic E-state index is 0.698. The molecule has 1 fully saturated rings. The molecular weight excluding hydrogens is 356 g/mol. The van der Waals surface area contributed by atoms with Crippen LogP contribution in [0.15, 0.2) is 65.8 Å². The van der Waals surface area contributed by atoms with Gasteiger partial charge in [-0.15, -0.1) is 0 Å². The molecule has 0 radical (unpaired) electrons. The predicted molar refractivity (Wildman–Crippen MR) is 122 cm³/mol. The standard InChI is InChI=1S/C26H36N2O/c1-23-13-10-11-20-28(23)21-12-22-29-27-26(25-17-6-3-7-18-25)19-9-8-16-24-14-4-2-5-15-24/h2-7,14-15,17-18,23H,8-13,16,19-22H2,1H3/b27-26+. The van der Waals surface area contributed by atoms with Gasteiger partial charge in [-0.2, -0.15) is 0 Å². The van der Waals surface area contributed by atoms with Gasteiger partial charge in [0, 0.05) is 12.6 Å². The largest absolute Gasteiger partial charge is 0.396 e. The second kappa shape index (κ2) is 12.4. The third kappa shape index (κ3) is 7.66. The maximum atomic E-state index is 5.75. The van der Waals surface area contributed by atoms with Crippen LogP contribution in [0.5, 0.6) is 0 Å². The first-order chi connectivity index (χ1) is 14.3. The number of rotatable bonds is 11. The highest BCUT2D eigenvalue weighted by Gasteiger charge is 2.17. The van der Waals surface area contributed by atoms with Crippen LogP contribution in [0.3, 0.4) is 0 Å². The van der Waals surface area contributed by atoms with E-state index in [4.69, 9.17) is 4.84 Å². The molecule has 0 aromatic heterocycles. The van der Waals surface area contributed by atoms with Crippen molar-refractivity contribution in [3.63, 3.8) is 0 Å². The van der Waals surface area contributed by atoms with Gasteiger partial charge < -0.3 is 9.74 Å². The molecule has 0 N–H and O–H groups in total. The topological polar surface area (TPSA) is 24.8 Å². The zero-order valence-corrected chi connectivity index (χ0v) is 17.9. The van der Waals surface area contributed by atoms with E-state index < -0.39 is 0 Å². The van der Waals surface area contributed by atoms with Gasteiger partial charge in [0.1, 0.15) is 6.61 Å². The van der Waals surface area contributed by atoms with Crippen molar-refractivity contribution < 1.29 is 4.84 Å². The summed E-state index contributed by atoms with van der Waals surface area (Å²) in [7, 11) is 0. The van der Waals surface area contributed by atoms with Crippen LogP contribution in [0.25, 0.3) is 0 Å². The van der Waals surface area contributed by atoms with Crippen molar-refractivity contribution in [2.45, 2.75) is 64.3 Å². The molecule has 1 atom stereocenters. The lowest BCUT2D eigenvalue weighted by molar-refractivity contribution is 0.108. The normalized spacial score (nSPS) is 18.0. The lowest BCUT2D eigenvalue weighted by Gasteiger charge is -2.33. The van der Waals surface area contributed by atoms with Crippen molar-refractivity contribution >= 4 is 5.71 Å². The SMILES string of the molecule is CC1CCCCN1CCCO/N=C(\CCCCc1ccccc1)c1ccccc1. The Morgan fingerprint density at radius 3 is 2.48 bits per heavy atom. The minimum Gasteiger partial charge on any atom is -0.396 e. The Labute approximate surface area is 176 Å². The lowest BCUT2D eigenvalue weighted by Crippen LogP contribution is -2.38. The summed E-state index contributed by atoms with van der Waals surface area (Å²) < 4.78 is 0. The van der Waals surface area contributed by atoms with Crippen molar-refractivity contribution in [3.8, 4) is 0 Å². The number of likely N-dealkylation sites (tertiary alicyclic amines) is 1. The summed E-state index contributed by atoms with van der Waals surface area (Å²) >= 11 is 0. The number of oxime groups is 1. The molecule has 29 heavy (non-hydrogen) atoms. The van der Waals surface area contributed by atoms with E-state index in [1.165, 1.54) is 43.4 Å². The summed E-state index contributed by atoms with van der Waals surface area (Å²) in [5.74, 6) is 0. The zero-order chi connectivity index (χ0) is 20.2. The molecule has 156 valence electrons. The molecule has 1 aliphatic heterocycles. The highest BCUT2D eigenvalue weighted by atomic mass is 16.6. The third-order valence-corrected chi connectivity index (χ3v) is 5.88. The van der Waals surface area contributed by atoms with Gasteiger partial charge in [0.05, 0.1) is 5.71 Å². The van der Waals surface area contributed by atoms with Crippen molar-refractivity contribution in [1.29, 1.82) is 0 Å². The summed E-state index contributed by atoms with van der Waals surface area (Å²) in [4.78, 5) is 8.35. The Kier molecular flexibility index (Phi) is 9.25. The molecule has 0 aliphatic carbocycles. The van der Waals surface area contributed by atoms with Gasteiger partial charge in [0.25, 0.3) is 0 Å². The fourth-order valence-corrected chi connectivity index (χ4v) is 4.09. The minimum absolute atomic E-state index is 0.698. The number of unbranched alkanes of at least 4 members (excludes halogenated alkanes) is 1. The molecule has 2 aromatic carbocycles. The van der Waals surface area contributed by atoms with E-state index in [1.54, 1.807) is 0 Å². The fraction of sp³-hybridized carbons (Fsp3) is 0.500. The Bertz CT molecular complexity index is 714. The predicted octanol–water partition coefficient (Wildman–Crippen LogP) is 6.08. The van der Waals surface area contributed by atoms with E-state index in [2.05, 4.69) is 77.6 Å². The van der Waals surface area contributed by atoms with E-state index in [0.717, 1.165) is 44.0 Å². The Balaban J connectivity index is 1.43. The van der Waals surface area contributed by atoms with Crippen LogP contribution in [0.1, 0.15) is 63.0 Å². The van der Waals surface area contributed by atoms with E-state index in [9.17, 15) is 0 Å². The van der Waals surface area contributed by atoms with Gasteiger partial charge in [-0.05, 0) is 69.5 Å². The summed E-state index contributed by atoms with van der Waals surface area (Å²) in [6.07, 6.45) is 9.47. The van der Waals surface area contributed by atoms with Crippen molar-refractivity contribution in [2.75, 3.05) is 19.7 Å². The summed E-state index contributed by atoms with van der Waals surface area (Å²) in [5.41, 5.74) is 3.66. The van der Waals surface area contributed by atoms with Gasteiger partial charge in [-0.25, -0.2) is 0 Å². The summed E-state index contributed by atoms with van der Waals surface area (Å²) in [6.45, 7) is 5.40. The first kappa shape index (κ1) is 21.6. The van der Waals surface area contributed by atoms with Gasteiger partial charge in [-0.1, -0.05) is 72.2 Å². The van der Waals surface area contributed by atoms with E-state index in [0.29, 0.717) is 6.61 Å². The molecule has 0 spiro atoms. The molecule has 0 amide bonds. The van der Waals surface area contributed by atoms with Gasteiger partial charge in [0.2, 0.25) is 0 Å². The zero-order valence-electron chi connectivity index (χ0n) is 17.9. The maximum Gasteiger partial charge on any atom is 0.118 e. The fourth-order valence-electron chi connectivity index (χ4n) is 4.09. The number of aryl methyl sites for hydroxylation is 1. The maximum absolute atomic E-state index is 5.75. The first-order valence-electron chi connectivity index (χ1n) is 11.3. The smallest absolute Gasteiger partial charge is 0.118 e. The first-order valence-corrected chi connectivity index (χ1v) is 11.3. The van der Waals surface area contributed by atoms with Gasteiger partial charge in [-0.3, -0.25) is 0 Å². The molecule has 1 unspecified atom stereocenters. The summed E-state index contributed by atoms with van der Waals surface area (Å²) in [6, 6.07) is 21.9. The average molecular weight is 393 g/mol. The van der Waals surface area contributed by atoms with Crippen LogP contribution in [0, 0.1) is 0 Å². The number of nitrogens with zero attached hydrogens (tertiary/aromatic N) is 2. The molecule has 1 saturated heterocycles. The molecular formula is C26H36N2O. The van der Waals surface area contributed by atoms with Crippen LogP contribution < -0.4 is 0 Å².